The van der Waals surface area contributed by atoms with Gasteiger partial charge in [-0.1, -0.05) is 0 Å². The summed E-state index contributed by atoms with van der Waals surface area (Å²) in [6.07, 6.45) is 0. The topological polar surface area (TPSA) is 149 Å². The summed E-state index contributed by atoms with van der Waals surface area (Å²) in [7, 11) is 5.13. The zero-order valence-corrected chi connectivity index (χ0v) is 20.3. The number of urea groups is 1. The Bertz CT molecular complexity index is 1210. The zero-order valence-electron chi connectivity index (χ0n) is 19.5. The lowest BCUT2D eigenvalue weighted by Crippen LogP contribution is -2.22. The van der Waals surface area contributed by atoms with Crippen molar-refractivity contribution in [3.8, 4) is 16.3 Å². The molecule has 0 aliphatic heterocycles. The van der Waals surface area contributed by atoms with Gasteiger partial charge in [0.1, 0.15) is 5.00 Å². The van der Waals surface area contributed by atoms with Crippen LogP contribution in [0.1, 0.15) is 22.8 Å². The second kappa shape index (κ2) is 11.4. The maximum atomic E-state index is 12.9. The first-order valence-electron chi connectivity index (χ1n) is 10.4. The number of anilines is 2. The molecule has 12 nitrogen and oxygen atoms in total. The lowest BCUT2D eigenvalue weighted by Gasteiger charge is -2.13. The zero-order chi connectivity index (χ0) is 25.5. The van der Waals surface area contributed by atoms with Crippen LogP contribution in [0.3, 0.4) is 0 Å². The molecule has 0 fully saturated rings. The third kappa shape index (κ3) is 6.28. The Morgan fingerprint density at radius 3 is 2.37 bits per heavy atom. The lowest BCUT2D eigenvalue weighted by molar-refractivity contribution is -0.384. The van der Waals surface area contributed by atoms with Gasteiger partial charge in [0.05, 0.1) is 24.2 Å². The Kier molecular flexibility index (Phi) is 8.28. The molecule has 13 heteroatoms. The van der Waals surface area contributed by atoms with E-state index < -0.39 is 16.9 Å². The summed E-state index contributed by atoms with van der Waals surface area (Å²) < 4.78 is 10.2. The number of aromatic nitrogens is 2. The van der Waals surface area contributed by atoms with Crippen molar-refractivity contribution in [2.75, 3.05) is 38.4 Å². The van der Waals surface area contributed by atoms with E-state index in [2.05, 4.69) is 20.8 Å². The smallest absolute Gasteiger partial charge is 0.341 e. The van der Waals surface area contributed by atoms with Crippen LogP contribution in [0.5, 0.6) is 5.88 Å². The van der Waals surface area contributed by atoms with Crippen molar-refractivity contribution in [3.63, 3.8) is 0 Å². The molecule has 2 heterocycles. The number of carbonyl (C=O) groups excluding carboxylic acids is 2. The van der Waals surface area contributed by atoms with Gasteiger partial charge in [-0.05, 0) is 44.8 Å². The van der Waals surface area contributed by atoms with Gasteiger partial charge in [-0.25, -0.2) is 9.59 Å². The Morgan fingerprint density at radius 2 is 1.83 bits per heavy atom. The fourth-order valence-electron chi connectivity index (χ4n) is 3.15. The van der Waals surface area contributed by atoms with E-state index in [0.29, 0.717) is 28.4 Å². The minimum Gasteiger partial charge on any atom is -0.480 e. The van der Waals surface area contributed by atoms with Crippen LogP contribution < -0.4 is 15.4 Å². The van der Waals surface area contributed by atoms with Gasteiger partial charge < -0.3 is 14.4 Å². The summed E-state index contributed by atoms with van der Waals surface area (Å²) >= 11 is 1.17. The Labute approximate surface area is 205 Å². The minimum absolute atomic E-state index is 0.0524. The van der Waals surface area contributed by atoms with Crippen LogP contribution in [0.15, 0.2) is 36.4 Å². The molecule has 0 radical (unpaired) electrons. The number of nitrogens with zero attached hydrogens (tertiary/aromatic N) is 4. The first kappa shape index (κ1) is 25.5. The fourth-order valence-corrected chi connectivity index (χ4v) is 4.35. The highest BCUT2D eigenvalue weighted by atomic mass is 32.1. The molecule has 0 saturated carbocycles. The van der Waals surface area contributed by atoms with Crippen molar-refractivity contribution in [2.24, 2.45) is 0 Å². The highest BCUT2D eigenvalue weighted by molar-refractivity contribution is 7.20. The lowest BCUT2D eigenvalue weighted by atomic mass is 10.0. The Balaban J connectivity index is 2.01. The number of nitro benzene ring substituents is 1. The highest BCUT2D eigenvalue weighted by Gasteiger charge is 2.27. The van der Waals surface area contributed by atoms with Gasteiger partial charge in [0.15, 0.2) is 5.82 Å². The molecule has 1 aromatic carbocycles. The molecule has 2 aromatic heterocycles. The second-order valence-electron chi connectivity index (χ2n) is 7.42. The molecule has 0 atom stereocenters. The molecule has 0 aliphatic carbocycles. The number of hydrogen-bond donors (Lipinski definition) is 2. The number of amides is 2. The van der Waals surface area contributed by atoms with Crippen molar-refractivity contribution in [1.82, 2.24) is 15.1 Å². The summed E-state index contributed by atoms with van der Waals surface area (Å²) in [6, 6.07) is 8.42. The first-order valence-corrected chi connectivity index (χ1v) is 11.2. The van der Waals surface area contributed by atoms with Crippen LogP contribution in [0.4, 0.5) is 21.3 Å². The quantitative estimate of drug-likeness (QED) is 0.252. The van der Waals surface area contributed by atoms with E-state index in [4.69, 9.17) is 9.47 Å². The van der Waals surface area contributed by atoms with E-state index in [9.17, 15) is 19.7 Å². The van der Waals surface area contributed by atoms with Crippen LogP contribution in [-0.4, -0.2) is 59.8 Å². The number of ether oxygens (including phenoxy) is 2. The molecule has 0 spiro atoms. The van der Waals surface area contributed by atoms with Gasteiger partial charge in [-0.2, -0.15) is 0 Å². The fraction of sp³-hybridized carbons (Fsp3) is 0.273. The van der Waals surface area contributed by atoms with Gasteiger partial charge in [-0.3, -0.25) is 20.7 Å². The molecule has 2 N–H and O–H groups in total. The Hall–Kier alpha value is -4.10. The second-order valence-corrected chi connectivity index (χ2v) is 8.44. The molecule has 0 unspecified atom stereocenters. The van der Waals surface area contributed by atoms with E-state index in [1.807, 2.05) is 19.0 Å². The number of non-ortho nitro benzene ring substituents is 1. The van der Waals surface area contributed by atoms with Crippen molar-refractivity contribution >= 4 is 39.8 Å². The minimum atomic E-state index is -0.636. The normalized spacial score (nSPS) is 10.7. The van der Waals surface area contributed by atoms with Crippen molar-refractivity contribution < 1.29 is 24.0 Å². The van der Waals surface area contributed by atoms with E-state index in [-0.39, 0.29) is 28.7 Å². The molecule has 0 aliphatic rings. The van der Waals surface area contributed by atoms with Gasteiger partial charge in [-0.15, -0.1) is 21.5 Å². The predicted octanol–water partition coefficient (Wildman–Crippen LogP) is 4.00. The Morgan fingerprint density at radius 1 is 1.11 bits per heavy atom. The number of esters is 1. The summed E-state index contributed by atoms with van der Waals surface area (Å²) in [4.78, 5) is 38.8. The molecule has 0 bridgehead atoms. The standard InChI is InChI=1S/C22H24N6O6S/c1-5-34-21(29)18-15(12-27(2)3)19(13-6-8-14(9-7-13)28(31)32)35-20(18)24-22(30)23-16-10-11-17(33-4)26-25-16/h6-11H,5,12H2,1-4H3,(H2,23,24,25,30). The summed E-state index contributed by atoms with van der Waals surface area (Å²) in [6.45, 7) is 2.20. The maximum Gasteiger partial charge on any atom is 0.341 e. The van der Waals surface area contributed by atoms with Crippen molar-refractivity contribution in [2.45, 2.75) is 13.5 Å². The number of thiophene rings is 1. The van der Waals surface area contributed by atoms with E-state index in [0.717, 1.165) is 0 Å². The first-order chi connectivity index (χ1) is 16.7. The predicted molar refractivity (Wildman–Crippen MR) is 131 cm³/mol. The van der Waals surface area contributed by atoms with Gasteiger partial charge >= 0.3 is 12.0 Å². The van der Waals surface area contributed by atoms with Crippen molar-refractivity contribution in [1.29, 1.82) is 0 Å². The maximum absolute atomic E-state index is 12.9. The largest absolute Gasteiger partial charge is 0.480 e. The number of methoxy groups -OCH3 is 1. The van der Waals surface area contributed by atoms with Crippen LogP contribution in [0.2, 0.25) is 0 Å². The summed E-state index contributed by atoms with van der Waals surface area (Å²) in [5.41, 5.74) is 1.46. The number of nitrogens with one attached hydrogen (secondary N) is 2. The summed E-state index contributed by atoms with van der Waals surface area (Å²) in [5, 5.41) is 24.2. The third-order valence-electron chi connectivity index (χ3n) is 4.62. The summed E-state index contributed by atoms with van der Waals surface area (Å²) in [5.74, 6) is -0.116. The van der Waals surface area contributed by atoms with Gasteiger partial charge in [0.25, 0.3) is 5.69 Å². The molecular formula is C22H24N6O6S. The molecule has 35 heavy (non-hydrogen) atoms. The molecule has 3 rings (SSSR count). The molecule has 184 valence electrons. The number of carbonyl (C=O) groups is 2. The number of rotatable bonds is 9. The SMILES string of the molecule is CCOC(=O)c1c(NC(=O)Nc2ccc(OC)nn2)sc(-c2ccc([N+](=O)[O-])cc2)c1CN(C)C. The average molecular weight is 501 g/mol. The van der Waals surface area contributed by atoms with Crippen LogP contribution in [0, 0.1) is 10.1 Å². The third-order valence-corrected chi connectivity index (χ3v) is 5.82. The molecule has 3 aromatic rings. The van der Waals surface area contributed by atoms with Crippen molar-refractivity contribution in [3.05, 3.63) is 57.6 Å². The van der Waals surface area contributed by atoms with Gasteiger partial charge in [0.2, 0.25) is 5.88 Å². The highest BCUT2D eigenvalue weighted by Crippen LogP contribution is 2.42. The van der Waals surface area contributed by atoms with Crippen LogP contribution >= 0.6 is 11.3 Å². The molecule has 2 amide bonds. The number of nitro groups is 1. The average Bonchev–Trinajstić information content (AvgIpc) is 3.16. The molecule has 0 saturated heterocycles. The van der Waals surface area contributed by atoms with E-state index in [1.54, 1.807) is 25.1 Å². The van der Waals surface area contributed by atoms with E-state index in [1.165, 1.54) is 36.6 Å². The molecular weight excluding hydrogens is 476 g/mol. The van der Waals surface area contributed by atoms with Crippen LogP contribution in [-0.2, 0) is 11.3 Å². The monoisotopic (exact) mass is 500 g/mol. The van der Waals surface area contributed by atoms with Gasteiger partial charge in [0, 0.05) is 35.2 Å². The van der Waals surface area contributed by atoms with E-state index >= 15 is 0 Å². The number of hydrogen-bond acceptors (Lipinski definition) is 10. The number of benzene rings is 1. The van der Waals surface area contributed by atoms with Crippen LogP contribution in [0.25, 0.3) is 10.4 Å².